The molecule has 0 aliphatic rings. The van der Waals surface area contributed by atoms with Crippen molar-refractivity contribution >= 4 is 21.8 Å². The molecule has 1 N–H and O–H groups in total. The molecule has 0 unspecified atom stereocenters. The van der Waals surface area contributed by atoms with Gasteiger partial charge < -0.3 is 9.67 Å². The summed E-state index contributed by atoms with van der Waals surface area (Å²) in [5.74, 6) is 0. The van der Waals surface area contributed by atoms with Gasteiger partial charge in [0.15, 0.2) is 0 Å². The Kier molecular flexibility index (Phi) is 2.22. The Hall–Kier alpha value is -1.87. The first kappa shape index (κ1) is 11.2. The summed E-state index contributed by atoms with van der Waals surface area (Å²) in [7, 11) is 2.04. The van der Waals surface area contributed by atoms with E-state index in [0.29, 0.717) is 0 Å². The van der Waals surface area contributed by atoms with Crippen LogP contribution in [0.4, 0.5) is 0 Å². The van der Waals surface area contributed by atoms with Gasteiger partial charge in [-0.25, -0.2) is 0 Å². The van der Waals surface area contributed by atoms with Gasteiger partial charge in [-0.3, -0.25) is 4.98 Å². The fourth-order valence-corrected chi connectivity index (χ4v) is 2.43. The summed E-state index contributed by atoms with van der Waals surface area (Å²) in [6, 6.07) is 8.11. The van der Waals surface area contributed by atoms with Gasteiger partial charge in [-0.2, -0.15) is 0 Å². The molecule has 0 aliphatic heterocycles. The third-order valence-corrected chi connectivity index (χ3v) is 3.52. The molecule has 3 nitrogen and oxygen atoms in total. The predicted molar refractivity (Wildman–Crippen MR) is 73.5 cm³/mol. The van der Waals surface area contributed by atoms with Crippen LogP contribution in [0.15, 0.2) is 36.7 Å². The van der Waals surface area contributed by atoms with E-state index < -0.39 is 5.60 Å². The Labute approximate surface area is 106 Å². The van der Waals surface area contributed by atoms with Crippen molar-refractivity contribution in [2.45, 2.75) is 19.4 Å². The van der Waals surface area contributed by atoms with Gasteiger partial charge in [-0.1, -0.05) is 12.1 Å². The second-order valence-electron chi connectivity index (χ2n) is 5.24. The summed E-state index contributed by atoms with van der Waals surface area (Å²) in [6.45, 7) is 3.61. The second kappa shape index (κ2) is 3.56. The van der Waals surface area contributed by atoms with Crippen LogP contribution in [-0.4, -0.2) is 14.7 Å². The van der Waals surface area contributed by atoms with Crippen LogP contribution in [0.3, 0.4) is 0 Å². The predicted octanol–water partition coefficient (Wildman–Crippen LogP) is 2.95. The molecular formula is C15H16N2O. The number of hydrogen-bond acceptors (Lipinski definition) is 2. The third-order valence-electron chi connectivity index (χ3n) is 3.52. The molecule has 18 heavy (non-hydrogen) atoms. The smallest absolute Gasteiger partial charge is 0.0841 e. The number of rotatable bonds is 1. The summed E-state index contributed by atoms with van der Waals surface area (Å²) in [6.07, 6.45) is 3.69. The largest absolute Gasteiger partial charge is 0.386 e. The van der Waals surface area contributed by atoms with Crippen molar-refractivity contribution in [3.05, 3.63) is 42.2 Å². The lowest BCUT2D eigenvalue weighted by Gasteiger charge is -2.17. The van der Waals surface area contributed by atoms with E-state index in [4.69, 9.17) is 0 Å². The molecule has 0 saturated carbocycles. The quantitative estimate of drug-likeness (QED) is 0.710. The second-order valence-corrected chi connectivity index (χ2v) is 5.24. The zero-order valence-electron chi connectivity index (χ0n) is 10.8. The lowest BCUT2D eigenvalue weighted by atomic mass is 9.97. The Morgan fingerprint density at radius 2 is 1.89 bits per heavy atom. The maximum atomic E-state index is 10.1. The highest BCUT2D eigenvalue weighted by atomic mass is 16.3. The minimum Gasteiger partial charge on any atom is -0.386 e. The summed E-state index contributed by atoms with van der Waals surface area (Å²) >= 11 is 0. The normalized spacial score (nSPS) is 12.4. The number of fused-ring (bicyclic) bond motifs is 3. The van der Waals surface area contributed by atoms with Crippen molar-refractivity contribution in [2.75, 3.05) is 0 Å². The molecule has 3 heteroatoms. The molecule has 3 aromatic rings. The Morgan fingerprint density at radius 1 is 1.11 bits per heavy atom. The SMILES string of the molecule is Cn1c2ccncc2c2ccc(C(C)(C)O)cc21. The maximum absolute atomic E-state index is 10.1. The van der Waals surface area contributed by atoms with E-state index in [1.54, 1.807) is 20.0 Å². The van der Waals surface area contributed by atoms with Crippen molar-refractivity contribution < 1.29 is 5.11 Å². The standard InChI is InChI=1S/C15H16N2O/c1-15(2,18)10-4-5-11-12-9-16-7-6-13(12)17(3)14(11)8-10/h4-9,18H,1-3H3. The molecule has 0 amide bonds. The summed E-state index contributed by atoms with van der Waals surface area (Å²) in [5, 5.41) is 12.4. The maximum Gasteiger partial charge on any atom is 0.0841 e. The number of pyridine rings is 1. The van der Waals surface area contributed by atoms with E-state index in [2.05, 4.69) is 21.7 Å². The molecule has 1 aromatic carbocycles. The third kappa shape index (κ3) is 1.51. The fourth-order valence-electron chi connectivity index (χ4n) is 2.43. The van der Waals surface area contributed by atoms with Crippen LogP contribution in [-0.2, 0) is 12.6 Å². The first-order valence-electron chi connectivity index (χ1n) is 6.03. The number of benzene rings is 1. The van der Waals surface area contributed by atoms with Crippen molar-refractivity contribution in [2.24, 2.45) is 7.05 Å². The van der Waals surface area contributed by atoms with E-state index in [9.17, 15) is 5.11 Å². The van der Waals surface area contributed by atoms with Crippen molar-refractivity contribution in [1.82, 2.24) is 9.55 Å². The fraction of sp³-hybridized carbons (Fsp3) is 0.267. The minimum absolute atomic E-state index is 0.817. The number of aryl methyl sites for hydroxylation is 1. The zero-order valence-corrected chi connectivity index (χ0v) is 10.8. The average molecular weight is 240 g/mol. The summed E-state index contributed by atoms with van der Waals surface area (Å²) < 4.78 is 2.14. The number of hydrogen-bond donors (Lipinski definition) is 1. The molecule has 0 saturated heterocycles. The van der Waals surface area contributed by atoms with Gasteiger partial charge in [-0.15, -0.1) is 0 Å². The van der Waals surface area contributed by atoms with Gasteiger partial charge in [0, 0.05) is 35.7 Å². The molecule has 0 atom stereocenters. The van der Waals surface area contributed by atoms with Gasteiger partial charge in [-0.05, 0) is 31.5 Å². The van der Waals surface area contributed by atoms with Crippen molar-refractivity contribution in [1.29, 1.82) is 0 Å². The van der Waals surface area contributed by atoms with Crippen LogP contribution < -0.4 is 0 Å². The van der Waals surface area contributed by atoms with Crippen molar-refractivity contribution in [3.8, 4) is 0 Å². The Balaban J connectivity index is 2.42. The summed E-state index contributed by atoms with van der Waals surface area (Å²) in [5.41, 5.74) is 2.39. The van der Waals surface area contributed by atoms with Gasteiger partial charge in [0.05, 0.1) is 11.1 Å². The lowest BCUT2D eigenvalue weighted by molar-refractivity contribution is 0.0787. The van der Waals surface area contributed by atoms with Crippen LogP contribution in [0, 0.1) is 0 Å². The van der Waals surface area contributed by atoms with E-state index in [0.717, 1.165) is 22.0 Å². The monoisotopic (exact) mass is 240 g/mol. The molecule has 0 aliphatic carbocycles. The van der Waals surface area contributed by atoms with Crippen molar-refractivity contribution in [3.63, 3.8) is 0 Å². The average Bonchev–Trinajstić information content (AvgIpc) is 2.63. The molecule has 0 bridgehead atoms. The van der Waals surface area contributed by atoms with Crippen LogP contribution in [0.1, 0.15) is 19.4 Å². The van der Waals surface area contributed by atoms with Gasteiger partial charge in [0.1, 0.15) is 0 Å². The molecule has 0 fully saturated rings. The first-order chi connectivity index (χ1) is 8.48. The Morgan fingerprint density at radius 3 is 2.61 bits per heavy atom. The van der Waals surface area contributed by atoms with Crippen LogP contribution in [0.2, 0.25) is 0 Å². The van der Waals surface area contributed by atoms with E-state index >= 15 is 0 Å². The van der Waals surface area contributed by atoms with Crippen LogP contribution in [0.25, 0.3) is 21.8 Å². The number of nitrogens with zero attached hydrogens (tertiary/aromatic N) is 2. The van der Waals surface area contributed by atoms with E-state index in [1.807, 2.05) is 25.4 Å². The van der Waals surface area contributed by atoms with E-state index in [1.165, 1.54) is 5.39 Å². The molecular weight excluding hydrogens is 224 g/mol. The number of aromatic nitrogens is 2. The number of aliphatic hydroxyl groups is 1. The van der Waals surface area contributed by atoms with Gasteiger partial charge in [0.2, 0.25) is 0 Å². The molecule has 3 rings (SSSR count). The molecule has 2 heterocycles. The summed E-state index contributed by atoms with van der Waals surface area (Å²) in [4.78, 5) is 4.18. The zero-order chi connectivity index (χ0) is 12.9. The van der Waals surface area contributed by atoms with Gasteiger partial charge in [0.25, 0.3) is 0 Å². The topological polar surface area (TPSA) is 38.0 Å². The van der Waals surface area contributed by atoms with Crippen LogP contribution >= 0.6 is 0 Å². The molecule has 92 valence electrons. The van der Waals surface area contributed by atoms with Crippen LogP contribution in [0.5, 0.6) is 0 Å². The highest BCUT2D eigenvalue weighted by Crippen LogP contribution is 2.30. The van der Waals surface area contributed by atoms with E-state index in [-0.39, 0.29) is 0 Å². The molecule has 0 spiro atoms. The highest BCUT2D eigenvalue weighted by molar-refractivity contribution is 6.07. The molecule has 0 radical (unpaired) electrons. The van der Waals surface area contributed by atoms with Gasteiger partial charge >= 0.3 is 0 Å². The highest BCUT2D eigenvalue weighted by Gasteiger charge is 2.17. The lowest BCUT2D eigenvalue weighted by Crippen LogP contribution is -2.15. The minimum atomic E-state index is -0.817. The molecule has 2 aromatic heterocycles. The first-order valence-corrected chi connectivity index (χ1v) is 6.03. The Bertz CT molecular complexity index is 735.